The van der Waals surface area contributed by atoms with E-state index in [0.717, 1.165) is 5.92 Å². The lowest BCUT2D eigenvalue weighted by Gasteiger charge is -2.45. The van der Waals surface area contributed by atoms with Crippen molar-refractivity contribution in [1.29, 1.82) is 0 Å². The van der Waals surface area contributed by atoms with Crippen molar-refractivity contribution in [3.05, 3.63) is 0 Å². The van der Waals surface area contributed by atoms with Gasteiger partial charge < -0.3 is 5.73 Å². The van der Waals surface area contributed by atoms with Gasteiger partial charge in [0.05, 0.1) is 0 Å². The van der Waals surface area contributed by atoms with Crippen molar-refractivity contribution in [3.63, 3.8) is 0 Å². The van der Waals surface area contributed by atoms with E-state index >= 15 is 0 Å². The molecular weight excluding hydrogens is 222 g/mol. The minimum atomic E-state index is 0.415. The molecule has 1 heterocycles. The fourth-order valence-electron chi connectivity index (χ4n) is 3.63. The van der Waals surface area contributed by atoms with Gasteiger partial charge in [0, 0.05) is 44.3 Å². The topological polar surface area (TPSA) is 32.5 Å². The number of nitrogens with two attached hydrogens (primary N) is 1. The van der Waals surface area contributed by atoms with Crippen LogP contribution in [0, 0.1) is 5.92 Å². The lowest BCUT2D eigenvalue weighted by molar-refractivity contribution is 0.0449. The number of rotatable bonds is 3. The van der Waals surface area contributed by atoms with Crippen molar-refractivity contribution in [1.82, 2.24) is 9.80 Å². The summed E-state index contributed by atoms with van der Waals surface area (Å²) in [5.41, 5.74) is 6.37. The van der Waals surface area contributed by atoms with Gasteiger partial charge in [-0.15, -0.1) is 0 Å². The van der Waals surface area contributed by atoms with Crippen molar-refractivity contribution >= 4 is 0 Å². The van der Waals surface area contributed by atoms with Gasteiger partial charge in [-0.2, -0.15) is 0 Å². The Morgan fingerprint density at radius 1 is 1.11 bits per heavy atom. The second kappa shape index (κ2) is 6.36. The van der Waals surface area contributed by atoms with Crippen molar-refractivity contribution in [3.8, 4) is 0 Å². The van der Waals surface area contributed by atoms with Crippen LogP contribution in [0.1, 0.15) is 46.5 Å². The Bertz CT molecular complexity index is 246. The third-order valence-electron chi connectivity index (χ3n) is 5.10. The van der Waals surface area contributed by atoms with Gasteiger partial charge in [0.25, 0.3) is 0 Å². The Balaban J connectivity index is 1.87. The molecule has 0 aromatic heterocycles. The molecule has 2 aliphatic rings. The molecule has 2 rings (SSSR count). The molecule has 3 atom stereocenters. The van der Waals surface area contributed by atoms with Crippen LogP contribution >= 0.6 is 0 Å². The highest BCUT2D eigenvalue weighted by Gasteiger charge is 2.33. The first kappa shape index (κ1) is 14.3. The molecule has 106 valence electrons. The first-order valence-electron chi connectivity index (χ1n) is 7.85. The van der Waals surface area contributed by atoms with E-state index in [1.54, 1.807) is 0 Å². The molecule has 1 saturated carbocycles. The van der Waals surface area contributed by atoms with E-state index in [0.29, 0.717) is 18.1 Å². The molecule has 0 bridgehead atoms. The largest absolute Gasteiger partial charge is 0.326 e. The first-order chi connectivity index (χ1) is 8.61. The second-order valence-electron chi connectivity index (χ2n) is 6.48. The fraction of sp³-hybridized carbons (Fsp3) is 1.00. The van der Waals surface area contributed by atoms with Crippen LogP contribution in [-0.4, -0.2) is 54.1 Å². The maximum absolute atomic E-state index is 6.37. The number of hydrogen-bond acceptors (Lipinski definition) is 3. The second-order valence-corrected chi connectivity index (χ2v) is 6.48. The molecule has 0 aromatic rings. The minimum absolute atomic E-state index is 0.415. The lowest BCUT2D eigenvalue weighted by Crippen LogP contribution is -2.58. The molecule has 0 amide bonds. The molecule has 1 saturated heterocycles. The molecule has 1 aliphatic heterocycles. The fourth-order valence-corrected chi connectivity index (χ4v) is 3.63. The highest BCUT2D eigenvalue weighted by atomic mass is 15.3. The molecule has 1 aliphatic carbocycles. The Labute approximate surface area is 113 Å². The molecular formula is C15H31N3. The van der Waals surface area contributed by atoms with Crippen molar-refractivity contribution < 1.29 is 0 Å². The van der Waals surface area contributed by atoms with Gasteiger partial charge in [-0.3, -0.25) is 9.80 Å². The van der Waals surface area contributed by atoms with E-state index < -0.39 is 0 Å². The Morgan fingerprint density at radius 3 is 2.33 bits per heavy atom. The zero-order valence-corrected chi connectivity index (χ0v) is 12.4. The summed E-state index contributed by atoms with van der Waals surface area (Å²) >= 11 is 0. The van der Waals surface area contributed by atoms with E-state index in [-0.39, 0.29) is 0 Å². The van der Waals surface area contributed by atoms with Gasteiger partial charge in [-0.25, -0.2) is 0 Å². The summed E-state index contributed by atoms with van der Waals surface area (Å²) in [7, 11) is 0. The summed E-state index contributed by atoms with van der Waals surface area (Å²) in [6, 6.07) is 1.76. The third kappa shape index (κ3) is 3.25. The van der Waals surface area contributed by atoms with E-state index in [1.807, 2.05) is 0 Å². The van der Waals surface area contributed by atoms with Crippen LogP contribution in [0.15, 0.2) is 0 Å². The van der Waals surface area contributed by atoms with Crippen LogP contribution in [-0.2, 0) is 0 Å². The van der Waals surface area contributed by atoms with Gasteiger partial charge in [0.2, 0.25) is 0 Å². The zero-order valence-electron chi connectivity index (χ0n) is 12.4. The van der Waals surface area contributed by atoms with Crippen LogP contribution < -0.4 is 5.73 Å². The van der Waals surface area contributed by atoms with Crippen LogP contribution in [0.25, 0.3) is 0 Å². The van der Waals surface area contributed by atoms with E-state index in [2.05, 4.69) is 30.6 Å². The zero-order chi connectivity index (χ0) is 13.1. The molecule has 2 fully saturated rings. The molecule has 0 radical (unpaired) electrons. The molecule has 0 spiro atoms. The van der Waals surface area contributed by atoms with Crippen molar-refractivity contribution in [2.45, 2.75) is 64.6 Å². The third-order valence-corrected chi connectivity index (χ3v) is 5.10. The molecule has 3 heteroatoms. The van der Waals surface area contributed by atoms with Gasteiger partial charge in [0.15, 0.2) is 0 Å². The summed E-state index contributed by atoms with van der Waals surface area (Å²) in [6.45, 7) is 11.8. The summed E-state index contributed by atoms with van der Waals surface area (Å²) in [5, 5.41) is 0. The van der Waals surface area contributed by atoms with E-state index in [4.69, 9.17) is 5.73 Å². The molecule has 0 aromatic carbocycles. The van der Waals surface area contributed by atoms with Gasteiger partial charge >= 0.3 is 0 Å². The normalized spacial score (nSPS) is 36.2. The van der Waals surface area contributed by atoms with Crippen molar-refractivity contribution in [2.75, 3.05) is 26.2 Å². The standard InChI is InChI=1S/C15H31N3/c1-4-13-5-6-14(16)15(11-13)18-9-7-17(8-10-18)12(2)3/h12-15H,4-11,16H2,1-3H3. The molecule has 3 unspecified atom stereocenters. The van der Waals surface area contributed by atoms with Crippen LogP contribution in [0.2, 0.25) is 0 Å². The predicted molar refractivity (Wildman–Crippen MR) is 77.7 cm³/mol. The van der Waals surface area contributed by atoms with Crippen molar-refractivity contribution in [2.24, 2.45) is 11.7 Å². The smallest absolute Gasteiger partial charge is 0.0250 e. The highest BCUT2D eigenvalue weighted by Crippen LogP contribution is 2.29. The summed E-state index contributed by atoms with van der Waals surface area (Å²) in [6.07, 6.45) is 5.24. The quantitative estimate of drug-likeness (QED) is 0.834. The Hall–Kier alpha value is -0.120. The molecule has 3 nitrogen and oxygen atoms in total. The van der Waals surface area contributed by atoms with E-state index in [1.165, 1.54) is 51.9 Å². The summed E-state index contributed by atoms with van der Waals surface area (Å²) in [5.74, 6) is 0.915. The Kier molecular flexibility index (Phi) is 5.05. The predicted octanol–water partition coefficient (Wildman–Crippen LogP) is 1.92. The van der Waals surface area contributed by atoms with Gasteiger partial charge in [-0.05, 0) is 39.0 Å². The lowest BCUT2D eigenvalue weighted by atomic mass is 9.80. The number of nitrogens with zero attached hydrogens (tertiary/aromatic N) is 2. The number of piperazine rings is 1. The van der Waals surface area contributed by atoms with Gasteiger partial charge in [-0.1, -0.05) is 13.3 Å². The summed E-state index contributed by atoms with van der Waals surface area (Å²) < 4.78 is 0. The van der Waals surface area contributed by atoms with Crippen LogP contribution in [0.4, 0.5) is 0 Å². The average Bonchev–Trinajstić information content (AvgIpc) is 2.39. The van der Waals surface area contributed by atoms with Crippen LogP contribution in [0.5, 0.6) is 0 Å². The Morgan fingerprint density at radius 2 is 1.78 bits per heavy atom. The first-order valence-corrected chi connectivity index (χ1v) is 7.85. The van der Waals surface area contributed by atoms with E-state index in [9.17, 15) is 0 Å². The summed E-state index contributed by atoms with van der Waals surface area (Å²) in [4.78, 5) is 5.26. The van der Waals surface area contributed by atoms with Crippen LogP contribution in [0.3, 0.4) is 0 Å². The molecule has 18 heavy (non-hydrogen) atoms. The molecule has 2 N–H and O–H groups in total. The number of hydrogen-bond donors (Lipinski definition) is 1. The highest BCUT2D eigenvalue weighted by molar-refractivity contribution is 4.91. The minimum Gasteiger partial charge on any atom is -0.326 e. The maximum Gasteiger partial charge on any atom is 0.0250 e. The average molecular weight is 253 g/mol. The monoisotopic (exact) mass is 253 g/mol. The van der Waals surface area contributed by atoms with Gasteiger partial charge in [0.1, 0.15) is 0 Å². The SMILES string of the molecule is CCC1CCC(N)C(N2CCN(C(C)C)CC2)C1. The maximum atomic E-state index is 6.37.